The van der Waals surface area contributed by atoms with Crippen LogP contribution in [0, 0.1) is 5.82 Å². The van der Waals surface area contributed by atoms with Crippen molar-refractivity contribution in [2.24, 2.45) is 0 Å². The quantitative estimate of drug-likeness (QED) is 0.513. The molecule has 156 valence electrons. The summed E-state index contributed by atoms with van der Waals surface area (Å²) >= 11 is 0. The molecule has 1 saturated heterocycles. The van der Waals surface area contributed by atoms with Gasteiger partial charge in [-0.15, -0.1) is 5.06 Å². The summed E-state index contributed by atoms with van der Waals surface area (Å²) in [6.45, 7) is 3.32. The minimum atomic E-state index is -0.322. The van der Waals surface area contributed by atoms with Crippen molar-refractivity contribution < 1.29 is 9.23 Å². The van der Waals surface area contributed by atoms with Crippen LogP contribution in [0.1, 0.15) is 0 Å². The molecule has 7 nitrogen and oxygen atoms in total. The number of fused-ring (bicyclic) bond motifs is 1. The Bertz CT molecular complexity index is 1200. The summed E-state index contributed by atoms with van der Waals surface area (Å²) in [6, 6.07) is 15.9. The highest BCUT2D eigenvalue weighted by Gasteiger charge is 2.17. The molecule has 1 aliphatic rings. The van der Waals surface area contributed by atoms with Crippen molar-refractivity contribution >= 4 is 22.5 Å². The van der Waals surface area contributed by atoms with Gasteiger partial charge in [0, 0.05) is 61.3 Å². The molecular formula is C23H21FN6O. The number of rotatable bonds is 5. The number of aromatic nitrogens is 3. The fourth-order valence-electron chi connectivity index (χ4n) is 3.49. The second-order valence-corrected chi connectivity index (χ2v) is 7.22. The Morgan fingerprint density at radius 1 is 1.00 bits per heavy atom. The molecule has 5 rings (SSSR count). The smallest absolute Gasteiger partial charge is 0.227 e. The molecule has 0 spiro atoms. The molecule has 1 fully saturated rings. The molecule has 0 bridgehead atoms. The van der Waals surface area contributed by atoms with Gasteiger partial charge >= 0.3 is 0 Å². The van der Waals surface area contributed by atoms with E-state index in [-0.39, 0.29) is 5.82 Å². The van der Waals surface area contributed by atoms with Crippen LogP contribution in [-0.2, 0) is 0 Å². The summed E-state index contributed by atoms with van der Waals surface area (Å²) in [6.07, 6.45) is 3.50. The predicted octanol–water partition coefficient (Wildman–Crippen LogP) is 3.77. The van der Waals surface area contributed by atoms with Crippen molar-refractivity contribution in [3.8, 4) is 17.0 Å². The minimum absolute atomic E-state index is 0.322. The molecule has 0 radical (unpaired) electrons. The lowest BCUT2D eigenvalue weighted by molar-refractivity contribution is -0.0658. The Labute approximate surface area is 178 Å². The van der Waals surface area contributed by atoms with Crippen LogP contribution in [0.5, 0.6) is 5.75 Å². The van der Waals surface area contributed by atoms with E-state index in [1.807, 2.05) is 35.4 Å². The number of nitrogens with one attached hydrogen (secondary N) is 2. The maximum atomic E-state index is 13.5. The third kappa shape index (κ3) is 4.45. The zero-order chi connectivity index (χ0) is 21.0. The van der Waals surface area contributed by atoms with Crippen LogP contribution in [0.3, 0.4) is 0 Å². The number of piperazine rings is 1. The highest BCUT2D eigenvalue weighted by atomic mass is 19.1. The van der Waals surface area contributed by atoms with E-state index in [2.05, 4.69) is 25.6 Å². The third-order valence-electron chi connectivity index (χ3n) is 5.01. The van der Waals surface area contributed by atoms with E-state index in [4.69, 9.17) is 4.84 Å². The minimum Gasteiger partial charge on any atom is -0.405 e. The van der Waals surface area contributed by atoms with Crippen LogP contribution in [0.4, 0.5) is 16.0 Å². The van der Waals surface area contributed by atoms with Crippen molar-refractivity contribution in [3.63, 3.8) is 0 Å². The van der Waals surface area contributed by atoms with Crippen molar-refractivity contribution in [2.45, 2.75) is 0 Å². The van der Waals surface area contributed by atoms with Gasteiger partial charge in [-0.3, -0.25) is 4.98 Å². The molecule has 2 aromatic heterocycles. The lowest BCUT2D eigenvalue weighted by atomic mass is 10.1. The van der Waals surface area contributed by atoms with Gasteiger partial charge in [-0.1, -0.05) is 12.1 Å². The van der Waals surface area contributed by atoms with Gasteiger partial charge in [0.15, 0.2) is 5.75 Å². The number of anilines is 2. The van der Waals surface area contributed by atoms with Crippen molar-refractivity contribution in [1.29, 1.82) is 0 Å². The summed E-state index contributed by atoms with van der Waals surface area (Å²) in [5.74, 6) is 0.748. The molecule has 0 atom stereocenters. The lowest BCUT2D eigenvalue weighted by Gasteiger charge is -2.27. The number of hydrogen-bond donors (Lipinski definition) is 2. The molecule has 0 saturated carbocycles. The van der Waals surface area contributed by atoms with Gasteiger partial charge in [-0.25, -0.2) is 14.4 Å². The normalized spacial score (nSPS) is 14.5. The first-order valence-corrected chi connectivity index (χ1v) is 10.1. The van der Waals surface area contributed by atoms with Crippen LogP contribution >= 0.6 is 0 Å². The molecule has 0 aliphatic carbocycles. The van der Waals surface area contributed by atoms with Crippen molar-refractivity contribution in [3.05, 3.63) is 72.8 Å². The highest BCUT2D eigenvalue weighted by molar-refractivity contribution is 5.87. The first-order chi connectivity index (χ1) is 15.2. The molecule has 2 aromatic carbocycles. The molecule has 31 heavy (non-hydrogen) atoms. The van der Waals surface area contributed by atoms with E-state index in [9.17, 15) is 4.39 Å². The van der Waals surface area contributed by atoms with Gasteiger partial charge in [0.05, 0.1) is 11.2 Å². The van der Waals surface area contributed by atoms with Crippen molar-refractivity contribution in [2.75, 3.05) is 31.5 Å². The maximum absolute atomic E-state index is 13.5. The Kier molecular flexibility index (Phi) is 5.39. The van der Waals surface area contributed by atoms with Gasteiger partial charge < -0.3 is 15.5 Å². The Morgan fingerprint density at radius 3 is 2.71 bits per heavy atom. The maximum Gasteiger partial charge on any atom is 0.227 e. The van der Waals surface area contributed by atoms with Crippen molar-refractivity contribution in [1.82, 2.24) is 25.3 Å². The number of pyridine rings is 1. The Hall–Kier alpha value is -3.62. The standard InChI is InChI=1S/C23H21FN6O/c24-17-4-3-5-18(13-17)28-23-27-15-16-12-19(20-6-1-2-7-26-20)22(14-21(16)29-23)31-30-10-8-25-9-11-30/h1-7,12-15,25H,8-11H2,(H,27,28,29). The topological polar surface area (TPSA) is 75.2 Å². The largest absolute Gasteiger partial charge is 0.405 e. The second-order valence-electron chi connectivity index (χ2n) is 7.22. The summed E-state index contributed by atoms with van der Waals surface area (Å²) in [5, 5.41) is 9.17. The van der Waals surface area contributed by atoms with Gasteiger partial charge in [0.2, 0.25) is 5.95 Å². The number of hydroxylamine groups is 2. The van der Waals surface area contributed by atoms with Gasteiger partial charge in [-0.2, -0.15) is 0 Å². The third-order valence-corrected chi connectivity index (χ3v) is 5.01. The number of hydrogen-bond acceptors (Lipinski definition) is 7. The van der Waals surface area contributed by atoms with Gasteiger partial charge in [0.25, 0.3) is 0 Å². The molecule has 0 unspecified atom stereocenters. The molecule has 2 N–H and O–H groups in total. The summed E-state index contributed by atoms with van der Waals surface area (Å²) in [7, 11) is 0. The molecule has 4 aromatic rings. The summed E-state index contributed by atoms with van der Waals surface area (Å²) in [4.78, 5) is 19.7. The van der Waals surface area contributed by atoms with E-state index >= 15 is 0 Å². The zero-order valence-electron chi connectivity index (χ0n) is 16.8. The van der Waals surface area contributed by atoms with Crippen LogP contribution in [0.15, 0.2) is 67.0 Å². The first kappa shape index (κ1) is 19.3. The van der Waals surface area contributed by atoms with Crippen LogP contribution in [0.25, 0.3) is 22.2 Å². The van der Waals surface area contributed by atoms with E-state index < -0.39 is 0 Å². The molecule has 3 heterocycles. The average molecular weight is 416 g/mol. The monoisotopic (exact) mass is 416 g/mol. The number of halogens is 1. The molecular weight excluding hydrogens is 395 g/mol. The second kappa shape index (κ2) is 8.63. The summed E-state index contributed by atoms with van der Waals surface area (Å²) < 4.78 is 13.5. The average Bonchev–Trinajstić information content (AvgIpc) is 2.80. The Balaban J connectivity index is 1.53. The number of nitrogens with zero attached hydrogens (tertiary/aromatic N) is 4. The highest BCUT2D eigenvalue weighted by Crippen LogP contribution is 2.33. The van der Waals surface area contributed by atoms with Crippen LogP contribution in [-0.4, -0.2) is 46.2 Å². The summed E-state index contributed by atoms with van der Waals surface area (Å²) in [5.41, 5.74) is 3.00. The molecule has 8 heteroatoms. The van der Waals surface area contributed by atoms with Gasteiger partial charge in [-0.05, 0) is 36.4 Å². The van der Waals surface area contributed by atoms with E-state index in [0.717, 1.165) is 48.3 Å². The predicted molar refractivity (Wildman–Crippen MR) is 118 cm³/mol. The van der Waals surface area contributed by atoms with Crippen LogP contribution < -0.4 is 15.5 Å². The van der Waals surface area contributed by atoms with E-state index in [0.29, 0.717) is 17.4 Å². The molecule has 1 aliphatic heterocycles. The number of benzene rings is 2. The van der Waals surface area contributed by atoms with Gasteiger partial charge in [0.1, 0.15) is 5.82 Å². The van der Waals surface area contributed by atoms with E-state index in [1.165, 1.54) is 12.1 Å². The van der Waals surface area contributed by atoms with Crippen LogP contribution in [0.2, 0.25) is 0 Å². The fourth-order valence-corrected chi connectivity index (χ4v) is 3.49. The zero-order valence-corrected chi connectivity index (χ0v) is 16.8. The Morgan fingerprint density at radius 2 is 1.90 bits per heavy atom. The molecule has 0 amide bonds. The first-order valence-electron chi connectivity index (χ1n) is 10.1. The fraction of sp³-hybridized carbons (Fsp3) is 0.174. The lowest BCUT2D eigenvalue weighted by Crippen LogP contribution is -2.45. The SMILES string of the molecule is Fc1cccc(Nc2ncc3cc(-c4ccccn4)c(ON4CCNCC4)cc3n2)c1. The van der Waals surface area contributed by atoms with E-state index in [1.54, 1.807) is 24.5 Å².